The highest BCUT2D eigenvalue weighted by Crippen LogP contribution is 2.60. The maximum Gasteiger partial charge on any atom is 0.0714 e. The fourth-order valence-electron chi connectivity index (χ4n) is 10.9. The van der Waals surface area contributed by atoms with Crippen molar-refractivity contribution in [2.45, 2.75) is 24.7 Å². The van der Waals surface area contributed by atoms with Crippen molar-refractivity contribution >= 4 is 38.6 Å². The highest BCUT2D eigenvalue weighted by Gasteiger charge is 2.47. The van der Waals surface area contributed by atoms with Crippen molar-refractivity contribution in [1.82, 2.24) is 0 Å². The van der Waals surface area contributed by atoms with Crippen molar-refractivity contribution in [1.29, 1.82) is 0 Å². The molecule has 0 fully saturated rings. The molecule has 288 valence electrons. The van der Waals surface area contributed by atoms with E-state index >= 15 is 0 Å². The summed E-state index contributed by atoms with van der Waals surface area (Å²) in [7, 11) is 0. The van der Waals surface area contributed by atoms with Gasteiger partial charge in [-0.1, -0.05) is 202 Å². The lowest BCUT2D eigenvalue weighted by molar-refractivity contribution is 0.660. The summed E-state index contributed by atoms with van der Waals surface area (Å²) in [6.45, 7) is 4.79. The molecule has 0 unspecified atom stereocenters. The third-order valence-corrected chi connectivity index (χ3v) is 13.7. The van der Waals surface area contributed by atoms with Gasteiger partial charge in [-0.15, -0.1) is 0 Å². The smallest absolute Gasteiger partial charge is 0.0714 e. The summed E-state index contributed by atoms with van der Waals surface area (Å²) in [5.74, 6) is 0. The number of hydrogen-bond acceptors (Lipinski definition) is 1. The van der Waals surface area contributed by atoms with E-state index in [9.17, 15) is 0 Å². The molecule has 2 aliphatic carbocycles. The molecule has 0 saturated heterocycles. The molecule has 10 aromatic rings. The second-order valence-corrected chi connectivity index (χ2v) is 17.2. The summed E-state index contributed by atoms with van der Waals surface area (Å²) in [5, 5.41) is 4.99. The molecule has 12 rings (SSSR count). The zero-order chi connectivity index (χ0) is 40.7. The predicted octanol–water partition coefficient (Wildman–Crippen LogP) is 15.8. The summed E-state index contributed by atoms with van der Waals surface area (Å²) >= 11 is 0. The number of rotatable bonds is 6. The number of fused-ring (bicyclic) bond motifs is 9. The first-order valence-electron chi connectivity index (χ1n) is 21.4. The minimum Gasteiger partial charge on any atom is -0.310 e. The lowest BCUT2D eigenvalue weighted by atomic mass is 9.68. The van der Waals surface area contributed by atoms with Gasteiger partial charge in [-0.3, -0.25) is 0 Å². The van der Waals surface area contributed by atoms with E-state index in [2.05, 4.69) is 243 Å². The topological polar surface area (TPSA) is 3.24 Å². The van der Waals surface area contributed by atoms with Gasteiger partial charge in [-0.25, -0.2) is 0 Å². The Morgan fingerprint density at radius 2 is 0.902 bits per heavy atom. The Morgan fingerprint density at radius 1 is 0.344 bits per heavy atom. The molecule has 0 spiro atoms. The van der Waals surface area contributed by atoms with Gasteiger partial charge in [0.05, 0.1) is 11.1 Å². The van der Waals surface area contributed by atoms with E-state index in [1.165, 1.54) is 88.3 Å². The molecular formula is C60H43N. The second-order valence-electron chi connectivity index (χ2n) is 17.2. The van der Waals surface area contributed by atoms with Crippen molar-refractivity contribution in [2.75, 3.05) is 4.90 Å². The van der Waals surface area contributed by atoms with E-state index in [1.807, 2.05) is 0 Å². The van der Waals surface area contributed by atoms with Crippen LogP contribution >= 0.6 is 0 Å². The monoisotopic (exact) mass is 777 g/mol. The van der Waals surface area contributed by atoms with E-state index in [1.54, 1.807) is 0 Å². The van der Waals surface area contributed by atoms with Gasteiger partial charge < -0.3 is 4.90 Å². The number of benzene rings is 10. The second kappa shape index (κ2) is 13.5. The molecular weight excluding hydrogens is 735 g/mol. The van der Waals surface area contributed by atoms with Crippen molar-refractivity contribution in [3.8, 4) is 33.4 Å². The van der Waals surface area contributed by atoms with Crippen LogP contribution in [0.3, 0.4) is 0 Å². The lowest BCUT2D eigenvalue weighted by Gasteiger charge is -2.34. The fourth-order valence-corrected chi connectivity index (χ4v) is 10.9. The van der Waals surface area contributed by atoms with Gasteiger partial charge in [-0.05, 0) is 119 Å². The zero-order valence-corrected chi connectivity index (χ0v) is 34.3. The Balaban J connectivity index is 1.13. The van der Waals surface area contributed by atoms with E-state index in [-0.39, 0.29) is 5.41 Å². The van der Waals surface area contributed by atoms with Crippen molar-refractivity contribution in [3.05, 3.63) is 258 Å². The van der Waals surface area contributed by atoms with E-state index in [0.717, 1.165) is 17.1 Å². The summed E-state index contributed by atoms with van der Waals surface area (Å²) < 4.78 is 0. The van der Waals surface area contributed by atoms with Crippen LogP contribution in [0, 0.1) is 0 Å². The maximum atomic E-state index is 2.54. The summed E-state index contributed by atoms with van der Waals surface area (Å²) in [5.41, 5.74) is 18.2. The Hall–Kier alpha value is -7.48. The molecule has 0 aliphatic heterocycles. The van der Waals surface area contributed by atoms with Gasteiger partial charge in [-0.2, -0.15) is 0 Å². The molecule has 10 aromatic carbocycles. The highest BCUT2D eigenvalue weighted by molar-refractivity contribution is 6.09. The number of hydrogen-bond donors (Lipinski definition) is 0. The van der Waals surface area contributed by atoms with Crippen molar-refractivity contribution in [2.24, 2.45) is 0 Å². The summed E-state index contributed by atoms with van der Waals surface area (Å²) in [4.78, 5) is 2.54. The minimum absolute atomic E-state index is 0.211. The molecule has 0 saturated carbocycles. The van der Waals surface area contributed by atoms with Gasteiger partial charge >= 0.3 is 0 Å². The predicted molar refractivity (Wildman–Crippen MR) is 256 cm³/mol. The van der Waals surface area contributed by atoms with Crippen LogP contribution in [0.4, 0.5) is 17.1 Å². The molecule has 1 heteroatoms. The quantitative estimate of drug-likeness (QED) is 0.152. The Morgan fingerprint density at radius 3 is 1.66 bits per heavy atom. The summed E-state index contributed by atoms with van der Waals surface area (Å²) in [6.07, 6.45) is 0. The molecule has 0 aromatic heterocycles. The maximum absolute atomic E-state index is 2.54. The van der Waals surface area contributed by atoms with E-state index in [4.69, 9.17) is 0 Å². The summed E-state index contributed by atoms with van der Waals surface area (Å²) in [6, 6.07) is 83.6. The van der Waals surface area contributed by atoms with Crippen molar-refractivity contribution < 1.29 is 0 Å². The van der Waals surface area contributed by atoms with Crippen molar-refractivity contribution in [3.63, 3.8) is 0 Å². The SMILES string of the molecule is CC1(C)c2cc(-c3ccccc3)ccc2-c2ccc(N(c3ccc4ccc5ccccc5c4c3)c3cccc4c3-c3ccccc3C4(c3ccccc3)c3ccccc3)cc21. The molecule has 61 heavy (non-hydrogen) atoms. The van der Waals surface area contributed by atoms with Gasteiger partial charge in [0, 0.05) is 22.4 Å². The van der Waals surface area contributed by atoms with Crippen LogP contribution in [0.2, 0.25) is 0 Å². The zero-order valence-electron chi connectivity index (χ0n) is 34.3. The fraction of sp³-hybridized carbons (Fsp3) is 0.0667. The third-order valence-electron chi connectivity index (χ3n) is 13.7. The first kappa shape index (κ1) is 35.5. The van der Waals surface area contributed by atoms with E-state index < -0.39 is 5.41 Å². The van der Waals surface area contributed by atoms with Gasteiger partial charge in [0.15, 0.2) is 0 Å². The molecule has 0 amide bonds. The van der Waals surface area contributed by atoms with Crippen LogP contribution in [0.5, 0.6) is 0 Å². The Bertz CT molecular complexity index is 3290. The average Bonchev–Trinajstić information content (AvgIpc) is 3.75. The molecule has 0 radical (unpaired) electrons. The minimum atomic E-state index is -0.506. The molecule has 1 nitrogen and oxygen atoms in total. The van der Waals surface area contributed by atoms with Crippen LogP contribution in [-0.4, -0.2) is 0 Å². The van der Waals surface area contributed by atoms with Crippen LogP contribution in [-0.2, 0) is 10.8 Å². The standard InChI is InChI=1S/C60H43N/c1-59(2)55-37-43(40-17-6-3-7-18-40)32-35-49(55)50-36-34-47(39-56(50)59)61(46-33-31-42-30-29-41-19-12-13-24-48(41)52(42)38-46)57-28-16-27-54-58(57)51-25-14-15-26-53(51)60(54,44-20-8-4-9-21-44)45-22-10-5-11-23-45/h3-39H,1-2H3. The van der Waals surface area contributed by atoms with Gasteiger partial charge in [0.1, 0.15) is 0 Å². The molecule has 0 N–H and O–H groups in total. The largest absolute Gasteiger partial charge is 0.310 e. The lowest BCUT2D eigenvalue weighted by Crippen LogP contribution is -2.28. The van der Waals surface area contributed by atoms with Crippen LogP contribution in [0.15, 0.2) is 224 Å². The normalized spacial score (nSPS) is 14.0. The van der Waals surface area contributed by atoms with E-state index in [0.29, 0.717) is 0 Å². The number of anilines is 3. The van der Waals surface area contributed by atoms with Crippen LogP contribution in [0.1, 0.15) is 47.2 Å². The third kappa shape index (κ3) is 5.20. The molecule has 2 aliphatic rings. The number of nitrogens with zero attached hydrogens (tertiary/aromatic N) is 1. The highest BCUT2D eigenvalue weighted by atomic mass is 15.1. The van der Waals surface area contributed by atoms with Crippen LogP contribution in [0.25, 0.3) is 54.9 Å². The Labute approximate surface area is 357 Å². The Kier molecular flexibility index (Phi) is 7.86. The van der Waals surface area contributed by atoms with Crippen LogP contribution < -0.4 is 4.90 Å². The first-order chi connectivity index (χ1) is 30.0. The first-order valence-corrected chi connectivity index (χ1v) is 21.4. The van der Waals surface area contributed by atoms with Gasteiger partial charge in [0.2, 0.25) is 0 Å². The molecule has 0 bridgehead atoms. The molecule has 0 heterocycles. The van der Waals surface area contributed by atoms with Gasteiger partial charge in [0.25, 0.3) is 0 Å². The molecule has 0 atom stereocenters. The average molecular weight is 778 g/mol.